The van der Waals surface area contributed by atoms with E-state index in [0.29, 0.717) is 0 Å². The zero-order valence-corrected chi connectivity index (χ0v) is 17.0. The van der Waals surface area contributed by atoms with E-state index >= 15 is 0 Å². The maximum Gasteiger partial charge on any atom is 0 e. The van der Waals surface area contributed by atoms with E-state index in [1.165, 1.54) is 11.1 Å². The predicted molar refractivity (Wildman–Crippen MR) is 99.0 cm³/mol. The van der Waals surface area contributed by atoms with Crippen molar-refractivity contribution in [3.8, 4) is 0 Å². The van der Waals surface area contributed by atoms with Crippen molar-refractivity contribution in [2.24, 2.45) is 0 Å². The summed E-state index contributed by atoms with van der Waals surface area (Å²) in [6.45, 7) is 16.5. The van der Waals surface area contributed by atoms with E-state index in [2.05, 4.69) is 65.8 Å². The van der Waals surface area contributed by atoms with Gasteiger partial charge in [0.05, 0.1) is 0 Å². The molecule has 0 atom stereocenters. The van der Waals surface area contributed by atoms with Crippen LogP contribution in [-0.2, 0) is 10.8 Å². The maximum absolute atomic E-state index is 4.04. The van der Waals surface area contributed by atoms with Crippen LogP contribution in [0.3, 0.4) is 0 Å². The quantitative estimate of drug-likeness (QED) is 0.667. The predicted octanol–water partition coefficient (Wildman–Crippen LogP) is 4.39. The third-order valence-electron chi connectivity index (χ3n) is 3.11. The number of hydrogen-bond acceptors (Lipinski definition) is 0. The van der Waals surface area contributed by atoms with Gasteiger partial charge in [0.1, 0.15) is 0 Å². The van der Waals surface area contributed by atoms with Crippen LogP contribution in [0, 0.1) is 13.8 Å². The summed E-state index contributed by atoms with van der Waals surface area (Å²) >= 11 is 0. The molecule has 2 heteroatoms. The van der Waals surface area contributed by atoms with E-state index in [9.17, 15) is 0 Å². The van der Waals surface area contributed by atoms with Gasteiger partial charge in [0.2, 0.25) is 0 Å². The fourth-order valence-electron chi connectivity index (χ4n) is 1.78. The zero-order chi connectivity index (χ0) is 15.2. The van der Waals surface area contributed by atoms with Gasteiger partial charge in [-0.3, -0.25) is 0 Å². The summed E-state index contributed by atoms with van der Waals surface area (Å²) in [5, 5.41) is 0. The molecule has 2 rings (SSSR count). The standard InChI is InChI=1S/2C10H13.H2O.Sn/c2*1-10(2,3)9-7-5-4-6-8-9;;/h2*4-8H,1H2,2-3H3;1H2;. The van der Waals surface area contributed by atoms with Crippen LogP contribution in [0.4, 0.5) is 0 Å². The Balaban J connectivity index is 0. The summed E-state index contributed by atoms with van der Waals surface area (Å²) in [5.41, 5.74) is 2.66. The minimum Gasteiger partial charge on any atom is -0.412 e. The smallest absolute Gasteiger partial charge is 0 e. The minimum absolute atomic E-state index is 0. The molecular weight excluding hydrogens is 375 g/mol. The largest absolute Gasteiger partial charge is 0.412 e. The molecule has 0 bridgehead atoms. The minimum atomic E-state index is 0. The van der Waals surface area contributed by atoms with Gasteiger partial charge in [-0.1, -0.05) is 88.4 Å². The fourth-order valence-corrected chi connectivity index (χ4v) is 1.78. The molecule has 0 saturated carbocycles. The van der Waals surface area contributed by atoms with Crippen LogP contribution in [-0.4, -0.2) is 29.4 Å². The van der Waals surface area contributed by atoms with Crippen LogP contribution in [0.2, 0.25) is 0 Å². The van der Waals surface area contributed by atoms with Crippen molar-refractivity contribution in [1.82, 2.24) is 0 Å². The molecule has 1 nitrogen and oxygen atoms in total. The van der Waals surface area contributed by atoms with Crippen molar-refractivity contribution < 1.29 is 5.48 Å². The van der Waals surface area contributed by atoms with Crippen molar-refractivity contribution in [3.63, 3.8) is 0 Å². The molecule has 0 heterocycles. The van der Waals surface area contributed by atoms with Crippen molar-refractivity contribution in [3.05, 3.63) is 85.6 Å². The Morgan fingerprint density at radius 2 is 0.818 bits per heavy atom. The van der Waals surface area contributed by atoms with Crippen molar-refractivity contribution >= 4 is 23.9 Å². The van der Waals surface area contributed by atoms with E-state index in [1.54, 1.807) is 0 Å². The van der Waals surface area contributed by atoms with Gasteiger partial charge in [-0.25, -0.2) is 0 Å². The fraction of sp³-hybridized carbons (Fsp3) is 0.300. The summed E-state index contributed by atoms with van der Waals surface area (Å²) in [5.74, 6) is 0. The average molecular weight is 403 g/mol. The van der Waals surface area contributed by atoms with Gasteiger partial charge in [-0.05, 0) is 35.8 Å². The molecule has 2 aromatic carbocycles. The summed E-state index contributed by atoms with van der Waals surface area (Å²) < 4.78 is 0. The van der Waals surface area contributed by atoms with E-state index in [-0.39, 0.29) is 40.2 Å². The van der Waals surface area contributed by atoms with Gasteiger partial charge in [-0.15, -0.1) is 0 Å². The van der Waals surface area contributed by atoms with Crippen LogP contribution < -0.4 is 0 Å². The van der Waals surface area contributed by atoms with Crippen LogP contribution in [0.1, 0.15) is 38.8 Å². The molecule has 6 radical (unpaired) electrons. The second-order valence-corrected chi connectivity index (χ2v) is 6.50. The van der Waals surface area contributed by atoms with E-state index in [0.717, 1.165) is 0 Å². The van der Waals surface area contributed by atoms with Crippen molar-refractivity contribution in [2.45, 2.75) is 38.5 Å². The molecule has 0 amide bonds. The molecule has 0 aliphatic heterocycles. The summed E-state index contributed by atoms with van der Waals surface area (Å²) in [4.78, 5) is 0. The Morgan fingerprint density at radius 3 is 0.955 bits per heavy atom. The Labute approximate surface area is 153 Å². The molecule has 0 spiro atoms. The first-order valence-electron chi connectivity index (χ1n) is 7.03. The third-order valence-corrected chi connectivity index (χ3v) is 3.11. The second-order valence-electron chi connectivity index (χ2n) is 6.50. The van der Waals surface area contributed by atoms with Crippen LogP contribution in [0.25, 0.3) is 0 Å². The molecule has 0 aliphatic rings. The van der Waals surface area contributed by atoms with Gasteiger partial charge in [0.25, 0.3) is 0 Å². The van der Waals surface area contributed by atoms with Gasteiger partial charge in [-0.2, -0.15) is 0 Å². The van der Waals surface area contributed by atoms with E-state index in [4.69, 9.17) is 0 Å². The first-order valence-corrected chi connectivity index (χ1v) is 7.03. The van der Waals surface area contributed by atoms with Crippen LogP contribution in [0.5, 0.6) is 0 Å². The zero-order valence-electron chi connectivity index (χ0n) is 14.2. The van der Waals surface area contributed by atoms with E-state index in [1.807, 2.05) is 36.4 Å². The molecule has 2 N–H and O–H groups in total. The molecule has 0 unspecified atom stereocenters. The monoisotopic (exact) mass is 404 g/mol. The molecular formula is C20H28OSn. The van der Waals surface area contributed by atoms with Crippen LogP contribution >= 0.6 is 0 Å². The van der Waals surface area contributed by atoms with Gasteiger partial charge >= 0.3 is 0 Å². The molecule has 22 heavy (non-hydrogen) atoms. The Kier molecular flexibility index (Phi) is 10.7. The summed E-state index contributed by atoms with van der Waals surface area (Å²) in [6.07, 6.45) is 0. The molecule has 118 valence electrons. The van der Waals surface area contributed by atoms with Crippen LogP contribution in [0.15, 0.2) is 60.7 Å². The first kappa shape index (κ1) is 23.5. The Bertz CT molecular complexity index is 443. The topological polar surface area (TPSA) is 31.5 Å². The average Bonchev–Trinajstić information content (AvgIpc) is 2.40. The number of benzene rings is 2. The van der Waals surface area contributed by atoms with Gasteiger partial charge in [0.15, 0.2) is 0 Å². The number of hydrogen-bond donors (Lipinski definition) is 0. The van der Waals surface area contributed by atoms with Gasteiger partial charge < -0.3 is 5.48 Å². The normalized spacial score (nSPS) is 10.5. The molecule has 0 saturated heterocycles. The summed E-state index contributed by atoms with van der Waals surface area (Å²) in [6, 6.07) is 20.6. The molecule has 0 aromatic heterocycles. The third kappa shape index (κ3) is 8.60. The maximum atomic E-state index is 4.04. The van der Waals surface area contributed by atoms with E-state index < -0.39 is 0 Å². The molecule has 0 aliphatic carbocycles. The Hall–Kier alpha value is -0.801. The van der Waals surface area contributed by atoms with Gasteiger partial charge in [0, 0.05) is 23.9 Å². The molecule has 0 fully saturated rings. The van der Waals surface area contributed by atoms with Crippen molar-refractivity contribution in [1.29, 1.82) is 0 Å². The summed E-state index contributed by atoms with van der Waals surface area (Å²) in [7, 11) is 0. The first-order chi connectivity index (χ1) is 9.21. The molecule has 2 aromatic rings. The second kappa shape index (κ2) is 10.1. The van der Waals surface area contributed by atoms with Crippen molar-refractivity contribution in [2.75, 3.05) is 0 Å². The Morgan fingerprint density at radius 1 is 0.591 bits per heavy atom. The SMILES string of the molecule is O.[CH2]C(C)(C)c1ccccc1.[CH2]C(C)(C)c1ccccc1.[Sn]. The number of rotatable bonds is 2.